The summed E-state index contributed by atoms with van der Waals surface area (Å²) in [6, 6.07) is 12.7. The number of nitrogens with zero attached hydrogens (tertiary/aromatic N) is 2. The van der Waals surface area contributed by atoms with Crippen LogP contribution in [-0.4, -0.2) is 41.0 Å². The van der Waals surface area contributed by atoms with Crippen LogP contribution in [0.2, 0.25) is 0 Å². The molecule has 1 aromatic heterocycles. The van der Waals surface area contributed by atoms with Crippen molar-refractivity contribution in [2.24, 2.45) is 0 Å². The van der Waals surface area contributed by atoms with Gasteiger partial charge in [0.15, 0.2) is 5.69 Å². The Morgan fingerprint density at radius 1 is 0.853 bits per heavy atom. The molecule has 0 atom stereocenters. The number of benzene rings is 2. The highest BCUT2D eigenvalue weighted by molar-refractivity contribution is 6.07. The molecule has 1 heterocycles. The van der Waals surface area contributed by atoms with Crippen LogP contribution in [0.3, 0.4) is 0 Å². The largest absolute Gasteiger partial charge is 0.507 e. The summed E-state index contributed by atoms with van der Waals surface area (Å²) in [6.07, 6.45) is 0. The summed E-state index contributed by atoms with van der Waals surface area (Å²) in [6.45, 7) is 12.0. The second kappa shape index (κ2) is 8.97. The normalized spacial score (nSPS) is 11.9. The molecule has 0 saturated heterocycles. The van der Waals surface area contributed by atoms with Gasteiger partial charge < -0.3 is 14.6 Å². The van der Waals surface area contributed by atoms with Crippen molar-refractivity contribution in [1.82, 2.24) is 9.78 Å². The molecule has 0 bridgehead atoms. The molecule has 7 heteroatoms. The lowest BCUT2D eigenvalue weighted by Crippen LogP contribution is -2.18. The second-order valence-corrected chi connectivity index (χ2v) is 10.2. The van der Waals surface area contributed by atoms with E-state index >= 15 is 0 Å². The number of aromatic nitrogens is 2. The Bertz CT molecular complexity index is 1190. The molecule has 7 nitrogen and oxygen atoms in total. The standard InChI is InChI=1S/C27H32N2O5/c1-26(2,3)18-14-16(15-19(23(18)30)27(4,5)6)21-20(24(31)33-7)22(25(32)34-8)29(28-21)17-12-10-9-11-13-17/h9-15,30H,1-8H3. The average molecular weight is 465 g/mol. The van der Waals surface area contributed by atoms with E-state index in [1.807, 2.05) is 71.9 Å². The number of phenolic OH excluding ortho intramolecular Hbond substituents is 1. The predicted molar refractivity (Wildman–Crippen MR) is 131 cm³/mol. The first kappa shape index (κ1) is 25.0. The third kappa shape index (κ3) is 4.55. The van der Waals surface area contributed by atoms with Gasteiger partial charge in [-0.2, -0.15) is 5.10 Å². The summed E-state index contributed by atoms with van der Waals surface area (Å²) >= 11 is 0. The molecule has 0 aliphatic rings. The summed E-state index contributed by atoms with van der Waals surface area (Å²) in [5, 5.41) is 15.8. The van der Waals surface area contributed by atoms with Gasteiger partial charge in [-0.1, -0.05) is 59.7 Å². The Kier molecular flexibility index (Phi) is 6.60. The maximum Gasteiger partial charge on any atom is 0.357 e. The van der Waals surface area contributed by atoms with E-state index in [2.05, 4.69) is 0 Å². The molecule has 0 fully saturated rings. The third-order valence-electron chi connectivity index (χ3n) is 5.65. The van der Waals surface area contributed by atoms with Crippen molar-refractivity contribution >= 4 is 11.9 Å². The molecule has 0 amide bonds. The van der Waals surface area contributed by atoms with Crippen LogP contribution in [0.4, 0.5) is 0 Å². The second-order valence-electron chi connectivity index (χ2n) is 10.2. The van der Waals surface area contributed by atoms with Crippen molar-refractivity contribution in [3.05, 3.63) is 64.8 Å². The van der Waals surface area contributed by atoms with Crippen molar-refractivity contribution in [3.63, 3.8) is 0 Å². The lowest BCUT2D eigenvalue weighted by molar-refractivity contribution is 0.0549. The highest BCUT2D eigenvalue weighted by atomic mass is 16.5. The Morgan fingerprint density at radius 3 is 1.79 bits per heavy atom. The monoisotopic (exact) mass is 464 g/mol. The van der Waals surface area contributed by atoms with Crippen molar-refractivity contribution in [1.29, 1.82) is 0 Å². The minimum atomic E-state index is -0.714. The van der Waals surface area contributed by atoms with Gasteiger partial charge >= 0.3 is 11.9 Å². The van der Waals surface area contributed by atoms with Gasteiger partial charge in [-0.3, -0.25) is 0 Å². The number of ether oxygens (including phenoxy) is 2. The molecule has 0 radical (unpaired) electrons. The van der Waals surface area contributed by atoms with Gasteiger partial charge in [0.2, 0.25) is 0 Å². The highest BCUT2D eigenvalue weighted by Gasteiger charge is 2.33. The molecule has 34 heavy (non-hydrogen) atoms. The third-order valence-corrected chi connectivity index (χ3v) is 5.65. The van der Waals surface area contributed by atoms with Crippen molar-refractivity contribution in [2.75, 3.05) is 14.2 Å². The molecule has 3 rings (SSSR count). The number of aromatic hydroxyl groups is 1. The zero-order chi connectivity index (χ0) is 25.4. The molecule has 1 N–H and O–H groups in total. The minimum absolute atomic E-state index is 0.00334. The van der Waals surface area contributed by atoms with Crippen LogP contribution in [0.25, 0.3) is 16.9 Å². The van der Waals surface area contributed by atoms with E-state index in [0.29, 0.717) is 22.4 Å². The quantitative estimate of drug-likeness (QED) is 0.519. The van der Waals surface area contributed by atoms with Gasteiger partial charge in [-0.15, -0.1) is 0 Å². The summed E-state index contributed by atoms with van der Waals surface area (Å²) < 4.78 is 11.5. The zero-order valence-corrected chi connectivity index (χ0v) is 21.0. The minimum Gasteiger partial charge on any atom is -0.507 e. The van der Waals surface area contributed by atoms with Gasteiger partial charge in [0.1, 0.15) is 17.0 Å². The summed E-state index contributed by atoms with van der Waals surface area (Å²) in [7, 11) is 2.51. The first-order chi connectivity index (χ1) is 15.8. The van der Waals surface area contributed by atoms with E-state index in [4.69, 9.17) is 14.6 Å². The Balaban J connectivity index is 2.48. The Labute approximate surface area is 200 Å². The van der Waals surface area contributed by atoms with E-state index in [1.165, 1.54) is 18.9 Å². The van der Waals surface area contributed by atoms with E-state index in [0.717, 1.165) is 0 Å². The van der Waals surface area contributed by atoms with Crippen molar-refractivity contribution in [3.8, 4) is 22.7 Å². The average Bonchev–Trinajstić information content (AvgIpc) is 3.17. The zero-order valence-electron chi connectivity index (χ0n) is 21.0. The molecule has 0 aliphatic heterocycles. The van der Waals surface area contributed by atoms with Crippen molar-refractivity contribution < 1.29 is 24.2 Å². The predicted octanol–water partition coefficient (Wildman–Crippen LogP) is 5.41. The highest BCUT2D eigenvalue weighted by Crippen LogP contribution is 2.42. The van der Waals surface area contributed by atoms with Crippen LogP contribution < -0.4 is 0 Å². The number of methoxy groups -OCH3 is 2. The first-order valence-electron chi connectivity index (χ1n) is 11.0. The van der Waals surface area contributed by atoms with Crippen LogP contribution in [0, 0.1) is 0 Å². The smallest absolute Gasteiger partial charge is 0.357 e. The number of para-hydroxylation sites is 1. The Hall–Kier alpha value is -3.61. The van der Waals surface area contributed by atoms with Crippen LogP contribution in [0.1, 0.15) is 73.5 Å². The van der Waals surface area contributed by atoms with Gasteiger partial charge in [-0.05, 0) is 35.1 Å². The Morgan fingerprint density at radius 2 is 1.35 bits per heavy atom. The summed E-state index contributed by atoms with van der Waals surface area (Å²) in [5.74, 6) is -1.21. The van der Waals surface area contributed by atoms with Crippen LogP contribution >= 0.6 is 0 Å². The lowest BCUT2D eigenvalue weighted by atomic mass is 9.78. The molecule has 0 saturated carbocycles. The molecule has 3 aromatic rings. The maximum absolute atomic E-state index is 13.0. The molecule has 0 unspecified atom stereocenters. The van der Waals surface area contributed by atoms with E-state index in [9.17, 15) is 14.7 Å². The number of carbonyl (C=O) groups excluding carboxylic acids is 2. The number of carbonyl (C=O) groups is 2. The fraction of sp³-hybridized carbons (Fsp3) is 0.370. The van der Waals surface area contributed by atoms with Crippen LogP contribution in [0.15, 0.2) is 42.5 Å². The molecule has 0 spiro atoms. The number of phenols is 1. The number of rotatable bonds is 4. The van der Waals surface area contributed by atoms with Crippen molar-refractivity contribution in [2.45, 2.75) is 52.4 Å². The molecule has 2 aromatic carbocycles. The lowest BCUT2D eigenvalue weighted by Gasteiger charge is -2.28. The van der Waals surface area contributed by atoms with Gasteiger partial charge in [0.25, 0.3) is 0 Å². The fourth-order valence-electron chi connectivity index (χ4n) is 3.87. The van der Waals surface area contributed by atoms with Gasteiger partial charge in [0.05, 0.1) is 19.9 Å². The summed E-state index contributed by atoms with van der Waals surface area (Å²) in [4.78, 5) is 25.9. The molecular weight excluding hydrogens is 432 g/mol. The molecule has 180 valence electrons. The first-order valence-corrected chi connectivity index (χ1v) is 11.0. The topological polar surface area (TPSA) is 90.6 Å². The fourth-order valence-corrected chi connectivity index (χ4v) is 3.87. The van der Waals surface area contributed by atoms with E-state index in [-0.39, 0.29) is 22.7 Å². The van der Waals surface area contributed by atoms with E-state index < -0.39 is 22.8 Å². The number of esters is 2. The number of hydrogen-bond acceptors (Lipinski definition) is 6. The van der Waals surface area contributed by atoms with Gasteiger partial charge in [0, 0.05) is 16.7 Å². The maximum atomic E-state index is 13.0. The molecule has 0 aliphatic carbocycles. The van der Waals surface area contributed by atoms with Crippen LogP contribution in [0.5, 0.6) is 5.75 Å². The molecular formula is C27H32N2O5. The van der Waals surface area contributed by atoms with E-state index in [1.54, 1.807) is 12.1 Å². The number of hydrogen-bond donors (Lipinski definition) is 1. The summed E-state index contributed by atoms with van der Waals surface area (Å²) in [5.41, 5.74) is 2.06. The van der Waals surface area contributed by atoms with Crippen LogP contribution in [-0.2, 0) is 20.3 Å². The SMILES string of the molecule is COC(=O)c1c(-c2cc(C(C)(C)C)c(O)c(C(C)(C)C)c2)nn(-c2ccccc2)c1C(=O)OC. The van der Waals surface area contributed by atoms with Gasteiger partial charge in [-0.25, -0.2) is 14.3 Å².